The molecule has 0 amide bonds. The summed E-state index contributed by atoms with van der Waals surface area (Å²) in [5.74, 6) is -0.302. The minimum absolute atomic E-state index is 0. The van der Waals surface area contributed by atoms with E-state index in [0.717, 1.165) is 0 Å². The molecule has 0 rings (SSSR count). The van der Waals surface area contributed by atoms with Gasteiger partial charge >= 0.3 is 70.8 Å². The number of ether oxygens (including phenoxy) is 1. The Balaban J connectivity index is -0.000000292. The number of aliphatic hydroxyl groups is 1. The van der Waals surface area contributed by atoms with Gasteiger partial charge in [-0.2, -0.15) is 0 Å². The quantitative estimate of drug-likeness (QED) is 0.394. The summed E-state index contributed by atoms with van der Waals surface area (Å²) < 4.78 is 4.53. The van der Waals surface area contributed by atoms with Gasteiger partial charge in [0.25, 0.3) is 0 Å². The monoisotopic (exact) mass is 609 g/mol. The maximum atomic E-state index is 11.0. The van der Waals surface area contributed by atoms with Crippen molar-refractivity contribution in [3.63, 3.8) is 0 Å². The number of halogens is 3. The Hall–Kier alpha value is 2.16. The Kier molecular flexibility index (Phi) is 22.1. The van der Waals surface area contributed by atoms with Crippen LogP contribution < -0.4 is 0 Å². The zero-order valence-corrected chi connectivity index (χ0v) is 16.7. The summed E-state index contributed by atoms with van der Waals surface area (Å²) in [6.45, 7) is -0.00204. The van der Waals surface area contributed by atoms with E-state index in [2.05, 4.69) is 64.7 Å². The molecule has 16 heavy (non-hydrogen) atoms. The average molecular weight is 609 g/mol. The van der Waals surface area contributed by atoms with Gasteiger partial charge in [0.1, 0.15) is 6.04 Å². The number of nitrogens with zero attached hydrogens (tertiary/aromatic N) is 1. The molecule has 0 fully saturated rings. The third-order valence-corrected chi connectivity index (χ3v) is 1.50. The number of esters is 1. The van der Waals surface area contributed by atoms with E-state index >= 15 is 0 Å². The van der Waals surface area contributed by atoms with Crippen molar-refractivity contribution in [1.82, 2.24) is 4.90 Å². The third kappa shape index (κ3) is 16.2. The summed E-state index contributed by atoms with van der Waals surface area (Å²) in [6, 6.07) is -0.329. The van der Waals surface area contributed by atoms with Gasteiger partial charge < -0.3 is 9.84 Å². The standard InChI is InChI=1S/C7H15NO3.CH4.3HI.V/c1-8(2)6(4-5-9)7(10)11-3;;;;;/h6,9H,4-5H2,1-3H3;1H4;3*1H;/q;;;;;+3/p-3. The molecule has 0 aliphatic carbocycles. The van der Waals surface area contributed by atoms with Crippen molar-refractivity contribution in [1.29, 1.82) is 0 Å². The van der Waals surface area contributed by atoms with Crippen molar-refractivity contribution in [2.75, 3.05) is 27.8 Å². The molecule has 0 aromatic carbocycles. The zero-order chi connectivity index (χ0) is 12.4. The van der Waals surface area contributed by atoms with Crippen LogP contribution in [-0.4, -0.2) is 49.8 Å². The van der Waals surface area contributed by atoms with Gasteiger partial charge in [0.15, 0.2) is 0 Å². The van der Waals surface area contributed by atoms with E-state index in [4.69, 9.17) is 5.11 Å². The molecule has 0 aliphatic heterocycles. The molecule has 4 nitrogen and oxygen atoms in total. The molecule has 1 N–H and O–H groups in total. The van der Waals surface area contributed by atoms with E-state index in [1.165, 1.54) is 7.11 Å². The third-order valence-electron chi connectivity index (χ3n) is 1.50. The molecule has 1 atom stereocenters. The van der Waals surface area contributed by atoms with Gasteiger partial charge in [0.2, 0.25) is 0 Å². The summed E-state index contributed by atoms with van der Waals surface area (Å²) in [4.78, 5) is 12.4. The molecule has 1 unspecified atom stereocenters. The molecule has 0 bridgehead atoms. The molecule has 0 saturated carbocycles. The summed E-state index contributed by atoms with van der Waals surface area (Å²) in [5, 5.41) is 8.60. The number of aliphatic hydroxyl groups excluding tert-OH is 1. The number of likely N-dealkylation sites (N-methyl/N-ethyl adjacent to an activating group) is 1. The van der Waals surface area contributed by atoms with E-state index in [9.17, 15) is 4.79 Å². The number of rotatable bonds is 4. The van der Waals surface area contributed by atoms with Gasteiger partial charge in [-0.25, -0.2) is 0 Å². The summed E-state index contributed by atoms with van der Waals surface area (Å²) in [5.41, 5.74) is 0. The van der Waals surface area contributed by atoms with Crippen LogP contribution in [0.15, 0.2) is 0 Å². The Morgan fingerprint density at radius 1 is 1.44 bits per heavy atom. The van der Waals surface area contributed by atoms with Crippen LogP contribution in [-0.2, 0) is 14.5 Å². The summed E-state index contributed by atoms with van der Waals surface area (Å²) >= 11 is 7.39. The van der Waals surface area contributed by atoms with Crippen LogP contribution in [0.1, 0.15) is 13.8 Å². The number of hydrogen-bond donors (Lipinski definition) is 1. The van der Waals surface area contributed by atoms with Crippen molar-refractivity contribution < 1.29 is 19.6 Å². The molecular weight excluding hydrogens is 590 g/mol. The van der Waals surface area contributed by atoms with Crippen LogP contribution in [0, 0.1) is 0 Å². The van der Waals surface area contributed by atoms with E-state index in [1.807, 2.05) is 0 Å². The number of carbonyl (C=O) groups is 1. The van der Waals surface area contributed by atoms with E-state index in [1.54, 1.807) is 19.0 Å². The number of hydrogen-bond acceptors (Lipinski definition) is 4. The maximum absolute atomic E-state index is 11.0. The molecule has 0 aliphatic rings. The molecule has 0 aromatic heterocycles. The SMILES string of the molecule is C.COC(=O)C(CCO)N(C)C.[I][V]([I])[I]. The number of carbonyl (C=O) groups excluding carboxylic acids is 1. The molecule has 8 heteroatoms. The first-order valence-electron chi connectivity index (χ1n) is 3.99. The second kappa shape index (κ2) is 15.2. The fraction of sp³-hybridized carbons (Fsp3) is 0.875. The summed E-state index contributed by atoms with van der Waals surface area (Å²) in [7, 11) is 4.89. The number of methoxy groups -OCH3 is 1. The molecule has 0 aromatic rings. The molecular formula is C8H19I3NO3V. The van der Waals surface area contributed by atoms with E-state index < -0.39 is 0 Å². The van der Waals surface area contributed by atoms with Crippen molar-refractivity contribution in [2.45, 2.75) is 19.9 Å². The fourth-order valence-electron chi connectivity index (χ4n) is 0.845. The Labute approximate surface area is 136 Å². The Morgan fingerprint density at radius 2 is 1.81 bits per heavy atom. The van der Waals surface area contributed by atoms with Crippen LogP contribution in [0.4, 0.5) is 0 Å². The van der Waals surface area contributed by atoms with Crippen LogP contribution in [0.25, 0.3) is 0 Å². The minimum atomic E-state index is -0.329. The molecule has 0 saturated heterocycles. The van der Waals surface area contributed by atoms with Crippen LogP contribution in [0.2, 0.25) is 0 Å². The molecule has 100 valence electrons. The molecule has 0 spiro atoms. The van der Waals surface area contributed by atoms with Crippen LogP contribution in [0.3, 0.4) is 0 Å². The second-order valence-electron chi connectivity index (χ2n) is 2.71. The van der Waals surface area contributed by atoms with Gasteiger partial charge in [0, 0.05) is 6.61 Å². The van der Waals surface area contributed by atoms with Crippen molar-refractivity contribution in [2.24, 2.45) is 0 Å². The fourth-order valence-corrected chi connectivity index (χ4v) is 0.845. The topological polar surface area (TPSA) is 49.8 Å². The van der Waals surface area contributed by atoms with E-state index in [-0.39, 0.29) is 31.0 Å². The van der Waals surface area contributed by atoms with E-state index in [0.29, 0.717) is 6.42 Å². The van der Waals surface area contributed by atoms with Gasteiger partial charge in [0.05, 0.1) is 7.11 Å². The van der Waals surface area contributed by atoms with Gasteiger partial charge in [-0.15, -0.1) is 0 Å². The first kappa shape index (κ1) is 23.3. The molecule has 0 heterocycles. The molecule has 0 radical (unpaired) electrons. The predicted molar refractivity (Wildman–Crippen MR) is 90.0 cm³/mol. The van der Waals surface area contributed by atoms with Crippen LogP contribution >= 0.6 is 59.9 Å². The van der Waals surface area contributed by atoms with Gasteiger partial charge in [-0.3, -0.25) is 9.69 Å². The summed E-state index contributed by atoms with van der Waals surface area (Å²) in [6.07, 6.45) is 0.416. The van der Waals surface area contributed by atoms with Crippen molar-refractivity contribution >= 4 is 65.9 Å². The first-order chi connectivity index (χ1) is 6.86. The van der Waals surface area contributed by atoms with Crippen molar-refractivity contribution in [3.8, 4) is 0 Å². The van der Waals surface area contributed by atoms with Gasteiger partial charge in [-0.05, 0) is 20.5 Å². The van der Waals surface area contributed by atoms with Gasteiger partial charge in [-0.1, -0.05) is 7.43 Å². The Morgan fingerprint density at radius 3 is 2.00 bits per heavy atom. The zero-order valence-electron chi connectivity index (χ0n) is 8.78. The van der Waals surface area contributed by atoms with Crippen molar-refractivity contribution in [3.05, 3.63) is 0 Å². The normalized spacial score (nSPS) is 11.3. The van der Waals surface area contributed by atoms with Crippen LogP contribution in [0.5, 0.6) is 0 Å². The average Bonchev–Trinajstić information content (AvgIpc) is 2.11. The predicted octanol–water partition coefficient (Wildman–Crippen LogP) is 2.76. The second-order valence-corrected chi connectivity index (χ2v) is 38.1. The first-order valence-corrected chi connectivity index (χ1v) is 17.5. The Bertz CT molecular complexity index is 170.